The number of halogens is 1. The topological polar surface area (TPSA) is 0 Å². The largest absolute Gasteiger partial charge is 1.00 e. The van der Waals surface area contributed by atoms with E-state index in [0.717, 1.165) is 0 Å². The second-order valence-electron chi connectivity index (χ2n) is 9.76. The molecule has 0 N–H and O–H groups in total. The first-order valence-electron chi connectivity index (χ1n) is 11.9. The van der Waals surface area contributed by atoms with Gasteiger partial charge < -0.3 is 12.4 Å². The minimum atomic E-state index is -1.88. The molecular weight excluding hydrogens is 439 g/mol. The Hall–Kier alpha value is -2.14. The van der Waals surface area contributed by atoms with Gasteiger partial charge in [-0.25, -0.2) is 0 Å². The van der Waals surface area contributed by atoms with Crippen LogP contribution in [-0.2, 0) is 0 Å². The molecule has 0 saturated heterocycles. The van der Waals surface area contributed by atoms with Gasteiger partial charge >= 0.3 is 0 Å². The number of hydrogen-bond acceptors (Lipinski definition) is 0. The van der Waals surface area contributed by atoms with E-state index in [1.807, 2.05) is 0 Å². The summed E-state index contributed by atoms with van der Waals surface area (Å²) in [4.78, 5) is 0. The Morgan fingerprint density at radius 1 is 0.758 bits per heavy atom. The maximum atomic E-state index is 2.52. The zero-order valence-electron chi connectivity index (χ0n) is 20.3. The lowest BCUT2D eigenvalue weighted by Crippen LogP contribution is -3.00. The minimum absolute atomic E-state index is 0. The first kappa shape index (κ1) is 25.5. The monoisotopic (exact) mass is 474 g/mol. The molecule has 0 aromatic heterocycles. The van der Waals surface area contributed by atoms with E-state index < -0.39 is 7.26 Å². The molecule has 0 spiro atoms. The molecule has 0 nitrogen and oxygen atoms in total. The van der Waals surface area contributed by atoms with Gasteiger partial charge in [0.2, 0.25) is 0 Å². The van der Waals surface area contributed by atoms with Crippen molar-refractivity contribution < 1.29 is 12.4 Å². The third-order valence-electron chi connectivity index (χ3n) is 7.19. The standard InChI is InChI=1S/C31H36P.ClH/c1-25-15-14-24-31(3,4)30(25)23-22-26(2)32(27-16-8-5-9-17-27,28-18-10-6-11-19-28)29-20-12-7-13-21-29;/h5-13,16-23,26H,14-15,24H2,1-4H3;1H/q+1;/p-1/b23-22+;. The van der Waals surface area contributed by atoms with Crippen LogP contribution in [0.3, 0.4) is 0 Å². The fourth-order valence-corrected chi connectivity index (χ4v) is 10.1. The highest BCUT2D eigenvalue weighted by atomic mass is 35.5. The quantitative estimate of drug-likeness (QED) is 0.463. The van der Waals surface area contributed by atoms with Crippen molar-refractivity contribution in [3.63, 3.8) is 0 Å². The zero-order valence-corrected chi connectivity index (χ0v) is 22.0. The second kappa shape index (κ2) is 10.9. The van der Waals surface area contributed by atoms with E-state index in [1.54, 1.807) is 11.1 Å². The van der Waals surface area contributed by atoms with E-state index in [2.05, 4.69) is 131 Å². The summed E-state index contributed by atoms with van der Waals surface area (Å²) in [5, 5.41) is 4.34. The van der Waals surface area contributed by atoms with Gasteiger partial charge in [0.05, 0.1) is 5.66 Å². The summed E-state index contributed by atoms with van der Waals surface area (Å²) in [5.41, 5.74) is 3.75. The van der Waals surface area contributed by atoms with Crippen molar-refractivity contribution in [2.45, 2.75) is 52.6 Å². The number of benzene rings is 3. The zero-order chi connectivity index (χ0) is 22.6. The van der Waals surface area contributed by atoms with Gasteiger partial charge in [0.1, 0.15) is 23.2 Å². The van der Waals surface area contributed by atoms with E-state index in [-0.39, 0.29) is 17.8 Å². The summed E-state index contributed by atoms with van der Waals surface area (Å²) < 4.78 is 0. The van der Waals surface area contributed by atoms with Gasteiger partial charge in [-0.2, -0.15) is 0 Å². The van der Waals surface area contributed by atoms with Gasteiger partial charge in [0, 0.05) is 0 Å². The lowest BCUT2D eigenvalue weighted by atomic mass is 9.72. The second-order valence-corrected chi connectivity index (χ2v) is 13.6. The Morgan fingerprint density at radius 2 is 1.18 bits per heavy atom. The molecule has 0 radical (unpaired) electrons. The summed E-state index contributed by atoms with van der Waals surface area (Å²) in [5.74, 6) is 0. The van der Waals surface area contributed by atoms with E-state index >= 15 is 0 Å². The smallest absolute Gasteiger partial charge is 0.118 e. The van der Waals surface area contributed by atoms with Crippen molar-refractivity contribution in [2.75, 3.05) is 0 Å². The summed E-state index contributed by atoms with van der Waals surface area (Å²) in [7, 11) is -1.88. The number of hydrogen-bond donors (Lipinski definition) is 0. The highest BCUT2D eigenvalue weighted by Gasteiger charge is 2.49. The van der Waals surface area contributed by atoms with Crippen LogP contribution in [-0.4, -0.2) is 5.66 Å². The first-order chi connectivity index (χ1) is 15.5. The van der Waals surface area contributed by atoms with Crippen molar-refractivity contribution in [1.29, 1.82) is 0 Å². The van der Waals surface area contributed by atoms with E-state index in [4.69, 9.17) is 0 Å². The van der Waals surface area contributed by atoms with Gasteiger partial charge in [-0.05, 0) is 86.6 Å². The molecule has 1 aliphatic carbocycles. The number of allylic oxidation sites excluding steroid dienone is 4. The average Bonchev–Trinajstić information content (AvgIpc) is 2.81. The van der Waals surface area contributed by atoms with Crippen LogP contribution in [0, 0.1) is 5.41 Å². The molecule has 0 amide bonds. The average molecular weight is 475 g/mol. The molecule has 1 atom stereocenters. The fourth-order valence-electron chi connectivity index (χ4n) is 5.52. The molecular formula is C31H36ClP. The molecule has 0 heterocycles. The van der Waals surface area contributed by atoms with E-state index in [0.29, 0.717) is 5.66 Å². The molecule has 0 saturated carbocycles. The summed E-state index contributed by atoms with van der Waals surface area (Å²) in [6.45, 7) is 9.59. The highest BCUT2D eigenvalue weighted by Crippen LogP contribution is 2.60. The van der Waals surface area contributed by atoms with Crippen LogP contribution in [0.5, 0.6) is 0 Å². The predicted octanol–water partition coefficient (Wildman–Crippen LogP) is 4.46. The number of rotatable bonds is 6. The van der Waals surface area contributed by atoms with Crippen LogP contribution in [0.1, 0.15) is 47.0 Å². The van der Waals surface area contributed by atoms with Crippen LogP contribution < -0.4 is 28.3 Å². The molecule has 172 valence electrons. The SMILES string of the molecule is CC1=C(/C=C/C(C)[P+](c2ccccc2)(c2ccccc2)c2ccccc2)C(C)(C)CCC1.[Cl-]. The Morgan fingerprint density at radius 3 is 1.58 bits per heavy atom. The Balaban J connectivity index is 0.00000306. The maximum absolute atomic E-state index is 2.52. The lowest BCUT2D eigenvalue weighted by Gasteiger charge is -2.34. The fraction of sp³-hybridized carbons (Fsp3) is 0.290. The summed E-state index contributed by atoms with van der Waals surface area (Å²) in [6, 6.07) is 33.6. The molecule has 0 aliphatic heterocycles. The molecule has 1 unspecified atom stereocenters. The maximum Gasteiger partial charge on any atom is 0.118 e. The molecule has 1 aliphatic rings. The van der Waals surface area contributed by atoms with Gasteiger partial charge in [-0.3, -0.25) is 0 Å². The lowest BCUT2D eigenvalue weighted by molar-refractivity contribution is -0.00000684. The first-order valence-corrected chi connectivity index (χ1v) is 13.8. The molecule has 0 fully saturated rings. The third-order valence-corrected chi connectivity index (χ3v) is 11.9. The van der Waals surface area contributed by atoms with Gasteiger partial charge in [0.25, 0.3) is 0 Å². The van der Waals surface area contributed by atoms with Crippen molar-refractivity contribution >= 4 is 23.2 Å². The Kier molecular flexibility index (Phi) is 8.38. The molecule has 0 bridgehead atoms. The van der Waals surface area contributed by atoms with Crippen LogP contribution in [0.25, 0.3) is 0 Å². The Labute approximate surface area is 207 Å². The van der Waals surface area contributed by atoms with Crippen molar-refractivity contribution in [3.8, 4) is 0 Å². The van der Waals surface area contributed by atoms with Crippen molar-refractivity contribution in [3.05, 3.63) is 114 Å². The minimum Gasteiger partial charge on any atom is -1.00 e. The molecule has 3 aromatic rings. The van der Waals surface area contributed by atoms with E-state index in [9.17, 15) is 0 Å². The van der Waals surface area contributed by atoms with Gasteiger partial charge in [-0.15, -0.1) is 0 Å². The predicted molar refractivity (Wildman–Crippen MR) is 144 cm³/mol. The normalized spacial score (nSPS) is 17.0. The molecule has 33 heavy (non-hydrogen) atoms. The van der Waals surface area contributed by atoms with Crippen molar-refractivity contribution in [2.24, 2.45) is 5.41 Å². The highest BCUT2D eigenvalue weighted by molar-refractivity contribution is 7.96. The van der Waals surface area contributed by atoms with E-state index in [1.165, 1.54) is 35.2 Å². The van der Waals surface area contributed by atoms with Crippen LogP contribution in [0.15, 0.2) is 114 Å². The van der Waals surface area contributed by atoms with Gasteiger partial charge in [-0.1, -0.05) is 80.1 Å². The van der Waals surface area contributed by atoms with Crippen molar-refractivity contribution in [1.82, 2.24) is 0 Å². The van der Waals surface area contributed by atoms with Crippen LogP contribution >= 0.6 is 7.26 Å². The molecule has 3 aromatic carbocycles. The summed E-state index contributed by atoms with van der Waals surface area (Å²) >= 11 is 0. The van der Waals surface area contributed by atoms with Crippen LogP contribution in [0.4, 0.5) is 0 Å². The molecule has 4 rings (SSSR count). The van der Waals surface area contributed by atoms with Gasteiger partial charge in [0.15, 0.2) is 0 Å². The molecule has 2 heteroatoms. The third kappa shape index (κ3) is 5.03. The summed E-state index contributed by atoms with van der Waals surface area (Å²) in [6.07, 6.45) is 8.80. The van der Waals surface area contributed by atoms with Crippen LogP contribution in [0.2, 0.25) is 0 Å². The Bertz CT molecular complexity index is 985.